The summed E-state index contributed by atoms with van der Waals surface area (Å²) in [6.45, 7) is 2.21. The summed E-state index contributed by atoms with van der Waals surface area (Å²) in [6.07, 6.45) is 4.85. The molecule has 0 amide bonds. The minimum absolute atomic E-state index is 0.194. The van der Waals surface area contributed by atoms with E-state index in [1.54, 1.807) is 0 Å². The van der Waals surface area contributed by atoms with Gasteiger partial charge in [0.05, 0.1) is 0 Å². The second-order valence-electron chi connectivity index (χ2n) is 3.66. The summed E-state index contributed by atoms with van der Waals surface area (Å²) in [5.41, 5.74) is 7.32. The molecule has 0 fully saturated rings. The molecule has 78 valence electrons. The van der Waals surface area contributed by atoms with Gasteiger partial charge in [-0.05, 0) is 24.1 Å². The molecule has 0 saturated heterocycles. The minimum Gasteiger partial charge on any atom is -0.324 e. The molecular weight excluding hydrogens is 238 g/mol. The van der Waals surface area contributed by atoms with Gasteiger partial charge in [-0.2, -0.15) is 0 Å². The number of benzene rings is 1. The van der Waals surface area contributed by atoms with Crippen LogP contribution < -0.4 is 5.73 Å². The molecule has 0 unspecified atom stereocenters. The van der Waals surface area contributed by atoms with Crippen LogP contribution in [0.15, 0.2) is 28.7 Å². The minimum atomic E-state index is 0.194. The van der Waals surface area contributed by atoms with Crippen LogP contribution in [0.5, 0.6) is 0 Å². The van der Waals surface area contributed by atoms with E-state index in [9.17, 15) is 0 Å². The maximum atomic E-state index is 6.08. The summed E-state index contributed by atoms with van der Waals surface area (Å²) >= 11 is 3.46. The van der Waals surface area contributed by atoms with Crippen molar-refractivity contribution in [3.8, 4) is 0 Å². The monoisotopic (exact) mass is 255 g/mol. The standard InChI is InChI=1S/C12H18BrN/c1-2-3-4-8-12(14)10-6-5-7-11(13)9-10/h5-7,9,12H,2-4,8,14H2,1H3/t12-/m0/s1. The summed E-state index contributed by atoms with van der Waals surface area (Å²) in [5, 5.41) is 0. The van der Waals surface area contributed by atoms with E-state index in [2.05, 4.69) is 35.0 Å². The molecule has 14 heavy (non-hydrogen) atoms. The Labute approximate surface area is 94.8 Å². The van der Waals surface area contributed by atoms with Gasteiger partial charge in [0.25, 0.3) is 0 Å². The average Bonchev–Trinajstić information content (AvgIpc) is 2.18. The Morgan fingerprint density at radius 3 is 2.79 bits per heavy atom. The molecule has 0 aromatic heterocycles. The molecule has 2 N–H and O–H groups in total. The van der Waals surface area contributed by atoms with Gasteiger partial charge in [-0.15, -0.1) is 0 Å². The van der Waals surface area contributed by atoms with Crippen LogP contribution in [-0.4, -0.2) is 0 Å². The van der Waals surface area contributed by atoms with E-state index < -0.39 is 0 Å². The molecule has 0 aliphatic rings. The second kappa shape index (κ2) is 6.20. The Morgan fingerprint density at radius 2 is 2.14 bits per heavy atom. The van der Waals surface area contributed by atoms with Crippen LogP contribution in [0.25, 0.3) is 0 Å². The fraction of sp³-hybridized carbons (Fsp3) is 0.500. The molecule has 0 saturated carbocycles. The molecule has 1 rings (SSSR count). The van der Waals surface area contributed by atoms with Crippen molar-refractivity contribution < 1.29 is 0 Å². The maximum Gasteiger partial charge on any atom is 0.0295 e. The zero-order valence-corrected chi connectivity index (χ0v) is 10.3. The van der Waals surface area contributed by atoms with Gasteiger partial charge in [0, 0.05) is 10.5 Å². The predicted octanol–water partition coefficient (Wildman–Crippen LogP) is 4.03. The Morgan fingerprint density at radius 1 is 1.36 bits per heavy atom. The molecule has 1 aromatic carbocycles. The van der Waals surface area contributed by atoms with Crippen molar-refractivity contribution in [1.82, 2.24) is 0 Å². The van der Waals surface area contributed by atoms with Crippen LogP contribution in [0.3, 0.4) is 0 Å². The molecule has 2 heteroatoms. The maximum absolute atomic E-state index is 6.08. The lowest BCUT2D eigenvalue weighted by molar-refractivity contribution is 0.581. The highest BCUT2D eigenvalue weighted by molar-refractivity contribution is 9.10. The fourth-order valence-electron chi connectivity index (χ4n) is 1.52. The van der Waals surface area contributed by atoms with E-state index in [4.69, 9.17) is 5.73 Å². The Balaban J connectivity index is 2.47. The van der Waals surface area contributed by atoms with Gasteiger partial charge in [0.2, 0.25) is 0 Å². The summed E-state index contributed by atoms with van der Waals surface area (Å²) in [7, 11) is 0. The SMILES string of the molecule is CCCCC[C@H](N)c1cccc(Br)c1. The highest BCUT2D eigenvalue weighted by Gasteiger charge is 2.04. The Kier molecular flexibility index (Phi) is 5.20. The third-order valence-electron chi connectivity index (χ3n) is 2.40. The number of nitrogens with two attached hydrogens (primary N) is 1. The first-order valence-electron chi connectivity index (χ1n) is 5.25. The first kappa shape index (κ1) is 11.7. The van der Waals surface area contributed by atoms with Crippen LogP contribution in [0.4, 0.5) is 0 Å². The lowest BCUT2D eigenvalue weighted by atomic mass is 10.0. The van der Waals surface area contributed by atoms with E-state index in [0.717, 1.165) is 10.9 Å². The van der Waals surface area contributed by atoms with Crippen LogP contribution >= 0.6 is 15.9 Å². The molecule has 1 nitrogen and oxygen atoms in total. The topological polar surface area (TPSA) is 26.0 Å². The van der Waals surface area contributed by atoms with Crippen LogP contribution in [0.1, 0.15) is 44.2 Å². The molecule has 0 spiro atoms. The molecule has 0 aliphatic heterocycles. The molecule has 1 atom stereocenters. The van der Waals surface area contributed by atoms with Gasteiger partial charge in [-0.1, -0.05) is 54.2 Å². The van der Waals surface area contributed by atoms with Gasteiger partial charge in [-0.25, -0.2) is 0 Å². The zero-order valence-electron chi connectivity index (χ0n) is 8.67. The van der Waals surface area contributed by atoms with Crippen molar-refractivity contribution in [2.45, 2.75) is 38.6 Å². The van der Waals surface area contributed by atoms with Crippen molar-refractivity contribution in [1.29, 1.82) is 0 Å². The quantitative estimate of drug-likeness (QED) is 0.791. The first-order chi connectivity index (χ1) is 6.74. The number of unbranched alkanes of at least 4 members (excludes halogenated alkanes) is 2. The molecule has 0 heterocycles. The van der Waals surface area contributed by atoms with Gasteiger partial charge in [-0.3, -0.25) is 0 Å². The van der Waals surface area contributed by atoms with Crippen LogP contribution in [0.2, 0.25) is 0 Å². The predicted molar refractivity (Wildman–Crippen MR) is 65.2 cm³/mol. The summed E-state index contributed by atoms with van der Waals surface area (Å²) in [6, 6.07) is 8.47. The number of rotatable bonds is 5. The summed E-state index contributed by atoms with van der Waals surface area (Å²) in [5.74, 6) is 0. The third-order valence-corrected chi connectivity index (χ3v) is 2.89. The molecular formula is C12H18BrN. The zero-order chi connectivity index (χ0) is 10.4. The summed E-state index contributed by atoms with van der Waals surface area (Å²) < 4.78 is 1.11. The van der Waals surface area contributed by atoms with Crippen LogP contribution in [-0.2, 0) is 0 Å². The van der Waals surface area contributed by atoms with E-state index in [0.29, 0.717) is 0 Å². The van der Waals surface area contributed by atoms with Crippen molar-refractivity contribution in [2.24, 2.45) is 5.73 Å². The normalized spacial score (nSPS) is 12.8. The van der Waals surface area contributed by atoms with Gasteiger partial charge < -0.3 is 5.73 Å². The van der Waals surface area contributed by atoms with E-state index in [1.807, 2.05) is 12.1 Å². The van der Waals surface area contributed by atoms with Crippen molar-refractivity contribution in [3.05, 3.63) is 34.3 Å². The van der Waals surface area contributed by atoms with Gasteiger partial charge in [0.1, 0.15) is 0 Å². The lowest BCUT2D eigenvalue weighted by Crippen LogP contribution is -2.09. The number of hydrogen-bond acceptors (Lipinski definition) is 1. The largest absolute Gasteiger partial charge is 0.324 e. The lowest BCUT2D eigenvalue weighted by Gasteiger charge is -2.11. The van der Waals surface area contributed by atoms with E-state index >= 15 is 0 Å². The van der Waals surface area contributed by atoms with Crippen molar-refractivity contribution in [2.75, 3.05) is 0 Å². The number of halogens is 1. The molecule has 1 aromatic rings. The van der Waals surface area contributed by atoms with Crippen molar-refractivity contribution >= 4 is 15.9 Å². The Hall–Kier alpha value is -0.340. The van der Waals surface area contributed by atoms with E-state index in [-0.39, 0.29) is 6.04 Å². The smallest absolute Gasteiger partial charge is 0.0295 e. The Bertz CT molecular complexity index is 273. The van der Waals surface area contributed by atoms with E-state index in [1.165, 1.54) is 24.8 Å². The molecule has 0 radical (unpaired) electrons. The third kappa shape index (κ3) is 3.81. The van der Waals surface area contributed by atoms with Crippen molar-refractivity contribution in [3.63, 3.8) is 0 Å². The average molecular weight is 256 g/mol. The van der Waals surface area contributed by atoms with Gasteiger partial charge in [0.15, 0.2) is 0 Å². The number of hydrogen-bond donors (Lipinski definition) is 1. The first-order valence-corrected chi connectivity index (χ1v) is 6.04. The van der Waals surface area contributed by atoms with Gasteiger partial charge >= 0.3 is 0 Å². The van der Waals surface area contributed by atoms with Crippen LogP contribution in [0, 0.1) is 0 Å². The second-order valence-corrected chi connectivity index (χ2v) is 4.57. The highest BCUT2D eigenvalue weighted by atomic mass is 79.9. The molecule has 0 aliphatic carbocycles. The molecule has 0 bridgehead atoms. The fourth-order valence-corrected chi connectivity index (χ4v) is 1.94. The highest BCUT2D eigenvalue weighted by Crippen LogP contribution is 2.20. The summed E-state index contributed by atoms with van der Waals surface area (Å²) in [4.78, 5) is 0.